The fourth-order valence-electron chi connectivity index (χ4n) is 1.47. The predicted molar refractivity (Wildman–Crippen MR) is 67.4 cm³/mol. The topological polar surface area (TPSA) is 9.23 Å². The highest BCUT2D eigenvalue weighted by molar-refractivity contribution is 6.32. The fourth-order valence-corrected chi connectivity index (χ4v) is 1.73. The van der Waals surface area contributed by atoms with Crippen molar-refractivity contribution < 1.29 is 4.74 Å². The van der Waals surface area contributed by atoms with Gasteiger partial charge in [0.2, 0.25) is 0 Å². The summed E-state index contributed by atoms with van der Waals surface area (Å²) < 4.78 is 5.76. The number of rotatable bonds is 2. The zero-order valence-electron chi connectivity index (χ0n) is 9.33. The Kier molecular flexibility index (Phi) is 3.16. The van der Waals surface area contributed by atoms with Crippen molar-refractivity contribution in [1.29, 1.82) is 0 Å². The fraction of sp³-hybridized carbons (Fsp3) is 0.143. The summed E-state index contributed by atoms with van der Waals surface area (Å²) in [5.41, 5.74) is 2.25. The normalized spacial score (nSPS) is 10.2. The van der Waals surface area contributed by atoms with Crippen molar-refractivity contribution in [1.82, 2.24) is 0 Å². The van der Waals surface area contributed by atoms with Crippen LogP contribution in [-0.4, -0.2) is 0 Å². The Hall–Kier alpha value is -1.47. The van der Waals surface area contributed by atoms with Gasteiger partial charge in [-0.15, -0.1) is 0 Å². The molecule has 0 atom stereocenters. The van der Waals surface area contributed by atoms with E-state index in [0.717, 1.165) is 17.1 Å². The van der Waals surface area contributed by atoms with Crippen molar-refractivity contribution in [3.63, 3.8) is 0 Å². The van der Waals surface area contributed by atoms with Gasteiger partial charge in [0.25, 0.3) is 0 Å². The highest BCUT2D eigenvalue weighted by Crippen LogP contribution is 2.32. The molecular weight excluding hydrogens is 220 g/mol. The molecule has 0 fully saturated rings. The third kappa shape index (κ3) is 2.37. The second-order valence-electron chi connectivity index (χ2n) is 3.80. The monoisotopic (exact) mass is 232 g/mol. The molecule has 0 heterocycles. The molecule has 0 radical (unpaired) electrons. The lowest BCUT2D eigenvalue weighted by Gasteiger charge is -2.10. The molecule has 16 heavy (non-hydrogen) atoms. The van der Waals surface area contributed by atoms with E-state index in [1.165, 1.54) is 5.56 Å². The lowest BCUT2D eigenvalue weighted by atomic mass is 10.2. The van der Waals surface area contributed by atoms with Crippen LogP contribution in [0.4, 0.5) is 0 Å². The van der Waals surface area contributed by atoms with E-state index in [9.17, 15) is 0 Å². The molecule has 0 aliphatic rings. The first-order valence-corrected chi connectivity index (χ1v) is 5.54. The maximum atomic E-state index is 6.09. The number of aryl methyl sites for hydroxylation is 2. The average Bonchev–Trinajstić information content (AvgIpc) is 2.26. The van der Waals surface area contributed by atoms with Gasteiger partial charge in [0.15, 0.2) is 0 Å². The zero-order valence-corrected chi connectivity index (χ0v) is 10.1. The van der Waals surface area contributed by atoms with Gasteiger partial charge in [-0.2, -0.15) is 0 Å². The SMILES string of the molecule is Cc1ccc(Oc2c(C)cccc2Cl)cc1. The van der Waals surface area contributed by atoms with E-state index >= 15 is 0 Å². The lowest BCUT2D eigenvalue weighted by molar-refractivity contribution is 0.479. The maximum absolute atomic E-state index is 6.09. The van der Waals surface area contributed by atoms with Crippen molar-refractivity contribution in [3.8, 4) is 11.5 Å². The molecule has 0 spiro atoms. The largest absolute Gasteiger partial charge is 0.456 e. The lowest BCUT2D eigenvalue weighted by Crippen LogP contribution is -1.88. The Labute approximate surface area is 101 Å². The summed E-state index contributed by atoms with van der Waals surface area (Å²) >= 11 is 6.09. The minimum atomic E-state index is 0.639. The highest BCUT2D eigenvalue weighted by atomic mass is 35.5. The molecule has 82 valence electrons. The van der Waals surface area contributed by atoms with Crippen LogP contribution in [0.15, 0.2) is 42.5 Å². The zero-order chi connectivity index (χ0) is 11.5. The maximum Gasteiger partial charge on any atom is 0.148 e. The van der Waals surface area contributed by atoms with Gasteiger partial charge in [-0.3, -0.25) is 0 Å². The van der Waals surface area contributed by atoms with Gasteiger partial charge in [-0.05, 0) is 37.6 Å². The summed E-state index contributed by atoms with van der Waals surface area (Å²) in [4.78, 5) is 0. The highest BCUT2D eigenvalue weighted by Gasteiger charge is 2.05. The molecular formula is C14H13ClO. The molecule has 0 saturated carbocycles. The van der Waals surface area contributed by atoms with Crippen LogP contribution in [0.2, 0.25) is 5.02 Å². The number of benzene rings is 2. The van der Waals surface area contributed by atoms with E-state index < -0.39 is 0 Å². The van der Waals surface area contributed by atoms with Crippen molar-refractivity contribution in [3.05, 3.63) is 58.6 Å². The third-order valence-electron chi connectivity index (χ3n) is 2.40. The van der Waals surface area contributed by atoms with Crippen LogP contribution in [0.3, 0.4) is 0 Å². The van der Waals surface area contributed by atoms with E-state index in [-0.39, 0.29) is 0 Å². The Bertz CT molecular complexity index is 468. The molecule has 1 nitrogen and oxygen atoms in total. The Morgan fingerprint density at radius 2 is 1.62 bits per heavy atom. The van der Waals surface area contributed by atoms with Gasteiger partial charge in [-0.1, -0.05) is 41.4 Å². The molecule has 0 aromatic heterocycles. The number of hydrogen-bond donors (Lipinski definition) is 0. The quantitative estimate of drug-likeness (QED) is 0.726. The van der Waals surface area contributed by atoms with Crippen molar-refractivity contribution >= 4 is 11.6 Å². The molecule has 2 heteroatoms. The third-order valence-corrected chi connectivity index (χ3v) is 2.70. The summed E-state index contributed by atoms with van der Waals surface area (Å²) in [5, 5.41) is 0.639. The van der Waals surface area contributed by atoms with Crippen LogP contribution < -0.4 is 4.74 Å². The van der Waals surface area contributed by atoms with Gasteiger partial charge in [0.05, 0.1) is 5.02 Å². The van der Waals surface area contributed by atoms with Crippen molar-refractivity contribution in [2.45, 2.75) is 13.8 Å². The molecule has 0 amide bonds. The molecule has 2 aromatic carbocycles. The smallest absolute Gasteiger partial charge is 0.148 e. The van der Waals surface area contributed by atoms with E-state index in [1.807, 2.05) is 56.3 Å². The number of ether oxygens (including phenoxy) is 1. The van der Waals surface area contributed by atoms with Crippen molar-refractivity contribution in [2.75, 3.05) is 0 Å². The molecule has 0 N–H and O–H groups in total. The predicted octanol–water partition coefficient (Wildman–Crippen LogP) is 4.75. The van der Waals surface area contributed by atoms with Crippen LogP contribution in [0.5, 0.6) is 11.5 Å². The van der Waals surface area contributed by atoms with Crippen molar-refractivity contribution in [2.24, 2.45) is 0 Å². The number of halogens is 1. The first-order chi connectivity index (χ1) is 7.66. The molecule has 0 aliphatic heterocycles. The van der Waals surface area contributed by atoms with Gasteiger partial charge in [0.1, 0.15) is 11.5 Å². The summed E-state index contributed by atoms with van der Waals surface area (Å²) in [5.74, 6) is 1.54. The first kappa shape index (κ1) is 11.0. The van der Waals surface area contributed by atoms with E-state index in [4.69, 9.17) is 16.3 Å². The molecule has 2 rings (SSSR count). The van der Waals surface area contributed by atoms with Gasteiger partial charge in [-0.25, -0.2) is 0 Å². The summed E-state index contributed by atoms with van der Waals surface area (Å²) in [6, 6.07) is 13.6. The second-order valence-corrected chi connectivity index (χ2v) is 4.21. The van der Waals surface area contributed by atoms with Crippen LogP contribution in [0.25, 0.3) is 0 Å². The average molecular weight is 233 g/mol. The van der Waals surface area contributed by atoms with Crippen LogP contribution >= 0.6 is 11.6 Å². The summed E-state index contributed by atoms with van der Waals surface area (Å²) in [6.45, 7) is 4.03. The Balaban J connectivity index is 2.30. The summed E-state index contributed by atoms with van der Waals surface area (Å²) in [6.07, 6.45) is 0. The molecule has 0 saturated heterocycles. The minimum Gasteiger partial charge on any atom is -0.456 e. The van der Waals surface area contributed by atoms with Crippen LogP contribution in [0.1, 0.15) is 11.1 Å². The van der Waals surface area contributed by atoms with E-state index in [2.05, 4.69) is 0 Å². The minimum absolute atomic E-state index is 0.639. The van der Waals surface area contributed by atoms with Gasteiger partial charge >= 0.3 is 0 Å². The molecule has 0 aliphatic carbocycles. The number of para-hydroxylation sites is 1. The standard InChI is InChI=1S/C14H13ClO/c1-10-6-8-12(9-7-10)16-14-11(2)4-3-5-13(14)15/h3-9H,1-2H3. The molecule has 0 unspecified atom stereocenters. The van der Waals surface area contributed by atoms with E-state index in [1.54, 1.807) is 0 Å². The summed E-state index contributed by atoms with van der Waals surface area (Å²) in [7, 11) is 0. The van der Waals surface area contributed by atoms with E-state index in [0.29, 0.717) is 5.02 Å². The van der Waals surface area contributed by atoms with Crippen LogP contribution in [-0.2, 0) is 0 Å². The Morgan fingerprint density at radius 1 is 0.938 bits per heavy atom. The van der Waals surface area contributed by atoms with Crippen LogP contribution in [0, 0.1) is 13.8 Å². The van der Waals surface area contributed by atoms with Gasteiger partial charge in [0, 0.05) is 0 Å². The number of hydrogen-bond acceptors (Lipinski definition) is 1. The second kappa shape index (κ2) is 4.58. The van der Waals surface area contributed by atoms with Gasteiger partial charge < -0.3 is 4.74 Å². The first-order valence-electron chi connectivity index (χ1n) is 5.16. The molecule has 0 bridgehead atoms. The molecule has 2 aromatic rings. The Morgan fingerprint density at radius 3 is 2.25 bits per heavy atom.